The molecular formula is C13H13BrN2S. The summed E-state index contributed by atoms with van der Waals surface area (Å²) in [7, 11) is 0. The van der Waals surface area contributed by atoms with Crippen molar-refractivity contribution in [3.05, 3.63) is 39.9 Å². The van der Waals surface area contributed by atoms with Gasteiger partial charge >= 0.3 is 0 Å². The number of nitrogens with zero attached hydrogens (tertiary/aromatic N) is 1. The molecule has 4 heteroatoms. The molecule has 0 spiro atoms. The van der Waals surface area contributed by atoms with Crippen molar-refractivity contribution < 1.29 is 0 Å². The van der Waals surface area contributed by atoms with Crippen molar-refractivity contribution in [1.29, 1.82) is 0 Å². The first-order valence-electron chi connectivity index (χ1n) is 5.74. The number of aromatic nitrogens is 1. The van der Waals surface area contributed by atoms with Gasteiger partial charge in [0.2, 0.25) is 0 Å². The van der Waals surface area contributed by atoms with Crippen LogP contribution in [0.25, 0.3) is 10.4 Å². The predicted molar refractivity (Wildman–Crippen MR) is 75.1 cm³/mol. The van der Waals surface area contributed by atoms with E-state index in [4.69, 9.17) is 0 Å². The molecule has 2 heterocycles. The zero-order chi connectivity index (χ0) is 11.7. The largest absolute Gasteiger partial charge is 0.309 e. The zero-order valence-electron chi connectivity index (χ0n) is 9.32. The first kappa shape index (κ1) is 11.4. The fourth-order valence-electron chi connectivity index (χ4n) is 1.71. The van der Waals surface area contributed by atoms with Crippen LogP contribution in [-0.4, -0.2) is 11.0 Å². The summed E-state index contributed by atoms with van der Waals surface area (Å²) < 4.78 is 1.03. The van der Waals surface area contributed by atoms with Gasteiger partial charge in [0.05, 0.1) is 0 Å². The maximum atomic E-state index is 4.20. The van der Waals surface area contributed by atoms with Gasteiger partial charge in [-0.3, -0.25) is 4.98 Å². The van der Waals surface area contributed by atoms with E-state index in [-0.39, 0.29) is 0 Å². The monoisotopic (exact) mass is 308 g/mol. The number of hydrogen-bond donors (Lipinski definition) is 1. The number of rotatable bonds is 4. The molecule has 2 aromatic heterocycles. The number of thiophene rings is 1. The molecule has 0 aliphatic heterocycles. The number of halogens is 1. The zero-order valence-corrected chi connectivity index (χ0v) is 11.7. The standard InChI is InChI=1S/C13H13BrN2S/c14-10-5-9(6-15-7-10)13-4-3-12(17-13)8-16-11-1-2-11/h3-7,11,16H,1-2,8H2. The second kappa shape index (κ2) is 4.88. The van der Waals surface area contributed by atoms with Crippen molar-refractivity contribution >= 4 is 27.3 Å². The van der Waals surface area contributed by atoms with Crippen LogP contribution in [0.4, 0.5) is 0 Å². The van der Waals surface area contributed by atoms with Crippen LogP contribution in [0, 0.1) is 0 Å². The minimum Gasteiger partial charge on any atom is -0.309 e. The Balaban J connectivity index is 1.74. The Bertz CT molecular complexity index is 520. The number of pyridine rings is 1. The van der Waals surface area contributed by atoms with E-state index in [2.05, 4.69) is 44.4 Å². The topological polar surface area (TPSA) is 24.9 Å². The molecule has 17 heavy (non-hydrogen) atoms. The first-order valence-corrected chi connectivity index (χ1v) is 7.35. The SMILES string of the molecule is Brc1cncc(-c2ccc(CNC3CC3)s2)c1. The van der Waals surface area contributed by atoms with Crippen molar-refractivity contribution in [2.45, 2.75) is 25.4 Å². The Morgan fingerprint density at radius 2 is 2.24 bits per heavy atom. The summed E-state index contributed by atoms with van der Waals surface area (Å²) in [4.78, 5) is 6.88. The highest BCUT2D eigenvalue weighted by Crippen LogP contribution is 2.29. The lowest BCUT2D eigenvalue weighted by atomic mass is 10.2. The molecule has 1 aliphatic carbocycles. The second-order valence-corrected chi connectivity index (χ2v) is 6.40. The molecule has 88 valence electrons. The molecule has 1 N–H and O–H groups in total. The van der Waals surface area contributed by atoms with Crippen molar-refractivity contribution in [1.82, 2.24) is 10.3 Å². The highest BCUT2D eigenvalue weighted by Gasteiger charge is 2.20. The van der Waals surface area contributed by atoms with Gasteiger partial charge < -0.3 is 5.32 Å². The quantitative estimate of drug-likeness (QED) is 0.928. The predicted octanol–water partition coefficient (Wildman–Crippen LogP) is 3.82. The molecule has 0 saturated heterocycles. The van der Waals surface area contributed by atoms with Crippen LogP contribution in [0.15, 0.2) is 35.1 Å². The average molecular weight is 309 g/mol. The third-order valence-electron chi connectivity index (χ3n) is 2.79. The molecule has 2 aromatic rings. The molecule has 1 saturated carbocycles. The highest BCUT2D eigenvalue weighted by atomic mass is 79.9. The van der Waals surface area contributed by atoms with E-state index in [0.717, 1.165) is 17.1 Å². The van der Waals surface area contributed by atoms with Crippen LogP contribution in [0.3, 0.4) is 0 Å². The van der Waals surface area contributed by atoms with Crippen molar-refractivity contribution in [3.63, 3.8) is 0 Å². The van der Waals surface area contributed by atoms with Crippen molar-refractivity contribution in [3.8, 4) is 10.4 Å². The van der Waals surface area contributed by atoms with E-state index in [0.29, 0.717) is 0 Å². The van der Waals surface area contributed by atoms with Crippen molar-refractivity contribution in [2.24, 2.45) is 0 Å². The Hall–Kier alpha value is -0.710. The van der Waals surface area contributed by atoms with Gasteiger partial charge in [0.1, 0.15) is 0 Å². The lowest BCUT2D eigenvalue weighted by molar-refractivity contribution is 0.695. The van der Waals surface area contributed by atoms with E-state index in [1.807, 2.05) is 23.7 Å². The minimum absolute atomic E-state index is 0.771. The fourth-order valence-corrected chi connectivity index (χ4v) is 3.01. The summed E-state index contributed by atoms with van der Waals surface area (Å²) in [6.07, 6.45) is 6.41. The Kier molecular flexibility index (Phi) is 3.27. The Morgan fingerprint density at radius 3 is 3.00 bits per heavy atom. The van der Waals surface area contributed by atoms with Gasteiger partial charge in [-0.1, -0.05) is 0 Å². The van der Waals surface area contributed by atoms with Gasteiger partial charge in [-0.05, 0) is 47.0 Å². The average Bonchev–Trinajstić information content (AvgIpc) is 3.04. The smallest absolute Gasteiger partial charge is 0.0410 e. The number of hydrogen-bond acceptors (Lipinski definition) is 3. The summed E-state index contributed by atoms with van der Waals surface area (Å²) >= 11 is 5.30. The maximum absolute atomic E-state index is 4.20. The summed E-state index contributed by atoms with van der Waals surface area (Å²) in [5.74, 6) is 0. The van der Waals surface area contributed by atoms with E-state index in [9.17, 15) is 0 Å². The second-order valence-electron chi connectivity index (χ2n) is 4.31. The Morgan fingerprint density at radius 1 is 1.35 bits per heavy atom. The first-order chi connectivity index (χ1) is 8.31. The lowest BCUT2D eigenvalue weighted by Crippen LogP contribution is -2.14. The molecule has 0 bridgehead atoms. The summed E-state index contributed by atoms with van der Waals surface area (Å²) in [6, 6.07) is 7.26. The molecule has 1 aliphatic rings. The Labute approximate surface area is 113 Å². The van der Waals surface area contributed by atoms with E-state index in [1.54, 1.807) is 0 Å². The summed E-state index contributed by atoms with van der Waals surface area (Å²) in [5, 5.41) is 3.53. The molecular weight excluding hydrogens is 296 g/mol. The highest BCUT2D eigenvalue weighted by molar-refractivity contribution is 9.10. The third kappa shape index (κ3) is 2.94. The van der Waals surface area contributed by atoms with Crippen LogP contribution < -0.4 is 5.32 Å². The van der Waals surface area contributed by atoms with E-state index < -0.39 is 0 Å². The van der Waals surface area contributed by atoms with Gasteiger partial charge in [-0.15, -0.1) is 11.3 Å². The van der Waals surface area contributed by atoms with Gasteiger partial charge in [-0.25, -0.2) is 0 Å². The third-order valence-corrected chi connectivity index (χ3v) is 4.36. The molecule has 3 rings (SSSR count). The van der Waals surface area contributed by atoms with Crippen LogP contribution in [0.5, 0.6) is 0 Å². The number of nitrogens with one attached hydrogen (secondary N) is 1. The van der Waals surface area contributed by atoms with E-state index in [1.165, 1.54) is 28.2 Å². The summed E-state index contributed by atoms with van der Waals surface area (Å²) in [6.45, 7) is 0.997. The van der Waals surface area contributed by atoms with Crippen molar-refractivity contribution in [2.75, 3.05) is 0 Å². The van der Waals surface area contributed by atoms with E-state index >= 15 is 0 Å². The molecule has 2 nitrogen and oxygen atoms in total. The lowest BCUT2D eigenvalue weighted by Gasteiger charge is -1.99. The molecule has 0 aromatic carbocycles. The molecule has 0 radical (unpaired) electrons. The van der Waals surface area contributed by atoms with Gasteiger partial charge in [0.25, 0.3) is 0 Å². The maximum Gasteiger partial charge on any atom is 0.0410 e. The molecule has 1 fully saturated rings. The molecule has 0 atom stereocenters. The van der Waals surface area contributed by atoms with Crippen LogP contribution in [0.2, 0.25) is 0 Å². The normalized spacial score (nSPS) is 15.1. The van der Waals surface area contributed by atoms with Crippen LogP contribution in [-0.2, 0) is 6.54 Å². The molecule has 0 amide bonds. The molecule has 0 unspecified atom stereocenters. The van der Waals surface area contributed by atoms with Gasteiger partial charge in [0, 0.05) is 44.8 Å². The summed E-state index contributed by atoms with van der Waals surface area (Å²) in [5.41, 5.74) is 1.18. The van der Waals surface area contributed by atoms with Crippen LogP contribution >= 0.6 is 27.3 Å². The van der Waals surface area contributed by atoms with Gasteiger partial charge in [-0.2, -0.15) is 0 Å². The fraction of sp³-hybridized carbons (Fsp3) is 0.308. The van der Waals surface area contributed by atoms with Crippen LogP contribution in [0.1, 0.15) is 17.7 Å². The van der Waals surface area contributed by atoms with Gasteiger partial charge in [0.15, 0.2) is 0 Å². The minimum atomic E-state index is 0.771.